The van der Waals surface area contributed by atoms with E-state index in [1.54, 1.807) is 20.8 Å². The summed E-state index contributed by atoms with van der Waals surface area (Å²) < 4.78 is 5.03. The Morgan fingerprint density at radius 2 is 2.14 bits per heavy atom. The molecule has 1 amide bonds. The molecule has 1 rings (SSSR count). The lowest BCUT2D eigenvalue weighted by molar-refractivity contribution is -0.384. The lowest BCUT2D eigenvalue weighted by Crippen LogP contribution is -2.32. The third-order valence-corrected chi connectivity index (χ3v) is 2.43. The molecule has 0 atom stereocenters. The summed E-state index contributed by atoms with van der Waals surface area (Å²) in [5.41, 5.74) is -0.346. The Labute approximate surface area is 127 Å². The molecule has 0 saturated heterocycles. The van der Waals surface area contributed by atoms with Crippen LogP contribution in [0.15, 0.2) is 18.2 Å². The van der Waals surface area contributed by atoms with Gasteiger partial charge in [-0.2, -0.15) is 0 Å². The molecule has 7 heteroatoms. The van der Waals surface area contributed by atoms with Crippen LogP contribution in [-0.2, 0) is 4.74 Å². The fourth-order valence-corrected chi connectivity index (χ4v) is 1.46. The maximum absolute atomic E-state index is 11.4. The quantitative estimate of drug-likeness (QED) is 0.517. The summed E-state index contributed by atoms with van der Waals surface area (Å²) >= 11 is 5.89. The third-order valence-electron chi connectivity index (χ3n) is 2.10. The van der Waals surface area contributed by atoms with Crippen molar-refractivity contribution < 1.29 is 14.5 Å². The van der Waals surface area contributed by atoms with Gasteiger partial charge in [0.1, 0.15) is 5.60 Å². The molecular weight excluding hydrogens is 296 g/mol. The highest BCUT2D eigenvalue weighted by atomic mass is 35.5. The predicted molar refractivity (Wildman–Crippen MR) is 79.2 cm³/mol. The van der Waals surface area contributed by atoms with Crippen LogP contribution in [0, 0.1) is 22.0 Å². The Kier molecular flexibility index (Phi) is 5.56. The van der Waals surface area contributed by atoms with Gasteiger partial charge in [-0.3, -0.25) is 10.1 Å². The van der Waals surface area contributed by atoms with Crippen molar-refractivity contribution in [2.75, 3.05) is 6.54 Å². The first-order valence-electron chi connectivity index (χ1n) is 6.09. The lowest BCUT2D eigenvalue weighted by atomic mass is 10.2. The second-order valence-electron chi connectivity index (χ2n) is 5.08. The summed E-state index contributed by atoms with van der Waals surface area (Å²) in [4.78, 5) is 21.5. The van der Waals surface area contributed by atoms with E-state index in [1.165, 1.54) is 18.2 Å². The van der Waals surface area contributed by atoms with Crippen LogP contribution in [-0.4, -0.2) is 23.2 Å². The van der Waals surface area contributed by atoms with Gasteiger partial charge in [0.25, 0.3) is 5.69 Å². The van der Waals surface area contributed by atoms with E-state index in [0.717, 1.165) is 0 Å². The molecule has 0 spiro atoms. The molecule has 0 aliphatic heterocycles. The zero-order chi connectivity index (χ0) is 16.0. The van der Waals surface area contributed by atoms with E-state index < -0.39 is 16.6 Å². The van der Waals surface area contributed by atoms with Crippen molar-refractivity contribution in [1.82, 2.24) is 5.32 Å². The van der Waals surface area contributed by atoms with Crippen LogP contribution in [0.5, 0.6) is 0 Å². The van der Waals surface area contributed by atoms with Gasteiger partial charge in [0, 0.05) is 12.1 Å². The second kappa shape index (κ2) is 6.95. The summed E-state index contributed by atoms with van der Waals surface area (Å²) in [7, 11) is 0. The molecule has 0 unspecified atom stereocenters. The molecule has 112 valence electrons. The smallest absolute Gasteiger partial charge is 0.408 e. The van der Waals surface area contributed by atoms with Crippen molar-refractivity contribution in [2.24, 2.45) is 0 Å². The minimum absolute atomic E-state index is 0.0495. The number of hydrogen-bond acceptors (Lipinski definition) is 4. The van der Waals surface area contributed by atoms with E-state index in [9.17, 15) is 14.9 Å². The first kappa shape index (κ1) is 16.8. The number of nitro benzene ring substituents is 1. The number of alkyl carbamates (subject to hydrolysis) is 1. The highest BCUT2D eigenvalue weighted by molar-refractivity contribution is 6.31. The molecule has 0 aliphatic rings. The minimum Gasteiger partial charge on any atom is -0.444 e. The van der Waals surface area contributed by atoms with Crippen molar-refractivity contribution in [2.45, 2.75) is 26.4 Å². The molecular formula is C14H15ClN2O4. The van der Waals surface area contributed by atoms with Gasteiger partial charge in [-0.25, -0.2) is 4.79 Å². The van der Waals surface area contributed by atoms with Crippen molar-refractivity contribution in [3.63, 3.8) is 0 Å². The van der Waals surface area contributed by atoms with Crippen LogP contribution in [0.2, 0.25) is 5.02 Å². The minimum atomic E-state index is -0.582. The van der Waals surface area contributed by atoms with Crippen LogP contribution in [0.25, 0.3) is 0 Å². The number of nitro groups is 1. The first-order chi connectivity index (χ1) is 9.69. The van der Waals surface area contributed by atoms with Crippen LogP contribution in [0.4, 0.5) is 10.5 Å². The Balaban J connectivity index is 2.65. The molecule has 0 bridgehead atoms. The maximum atomic E-state index is 11.4. The van der Waals surface area contributed by atoms with Crippen molar-refractivity contribution in [3.8, 4) is 11.8 Å². The lowest BCUT2D eigenvalue weighted by Gasteiger charge is -2.18. The zero-order valence-electron chi connectivity index (χ0n) is 11.9. The van der Waals surface area contributed by atoms with Crippen LogP contribution in [0.3, 0.4) is 0 Å². The Hall–Kier alpha value is -2.26. The van der Waals surface area contributed by atoms with Gasteiger partial charge in [0.05, 0.1) is 22.1 Å². The number of carbonyl (C=O) groups is 1. The number of halogens is 1. The van der Waals surface area contributed by atoms with Gasteiger partial charge in [-0.15, -0.1) is 0 Å². The fraction of sp³-hybridized carbons (Fsp3) is 0.357. The summed E-state index contributed by atoms with van der Waals surface area (Å²) in [6.45, 7) is 5.30. The number of non-ortho nitro benzene ring substituents is 1. The van der Waals surface area contributed by atoms with Gasteiger partial charge in [-0.05, 0) is 26.8 Å². The Morgan fingerprint density at radius 3 is 2.71 bits per heavy atom. The number of nitrogens with one attached hydrogen (secondary N) is 1. The largest absolute Gasteiger partial charge is 0.444 e. The van der Waals surface area contributed by atoms with Gasteiger partial charge in [0.15, 0.2) is 0 Å². The maximum Gasteiger partial charge on any atom is 0.408 e. The summed E-state index contributed by atoms with van der Waals surface area (Å²) in [5, 5.41) is 13.4. The van der Waals surface area contributed by atoms with E-state index >= 15 is 0 Å². The fourth-order valence-electron chi connectivity index (χ4n) is 1.29. The number of benzene rings is 1. The number of amides is 1. The zero-order valence-corrected chi connectivity index (χ0v) is 12.7. The molecule has 0 heterocycles. The van der Waals surface area contributed by atoms with E-state index in [-0.39, 0.29) is 12.2 Å². The van der Waals surface area contributed by atoms with Gasteiger partial charge in [-0.1, -0.05) is 23.4 Å². The van der Waals surface area contributed by atoms with E-state index in [2.05, 4.69) is 17.2 Å². The molecule has 21 heavy (non-hydrogen) atoms. The SMILES string of the molecule is CC(C)(C)OC(=O)NCC#Cc1cc([N+](=O)[O-])ccc1Cl. The first-order valence-corrected chi connectivity index (χ1v) is 6.46. The number of hydrogen-bond donors (Lipinski definition) is 1. The number of nitrogens with zero attached hydrogens (tertiary/aromatic N) is 1. The summed E-state index contributed by atoms with van der Waals surface area (Å²) in [6.07, 6.45) is -0.582. The number of carbonyl (C=O) groups excluding carboxylic acids is 1. The van der Waals surface area contributed by atoms with Crippen molar-refractivity contribution in [1.29, 1.82) is 0 Å². The van der Waals surface area contributed by atoms with Crippen LogP contribution >= 0.6 is 11.6 Å². The molecule has 0 aliphatic carbocycles. The third kappa shape index (κ3) is 6.15. The topological polar surface area (TPSA) is 81.5 Å². The standard InChI is InChI=1S/C14H15ClN2O4/c1-14(2,3)21-13(18)16-8-4-5-10-9-11(17(19)20)6-7-12(10)15/h6-7,9H,8H2,1-3H3,(H,16,18). The van der Waals surface area contributed by atoms with Gasteiger partial charge < -0.3 is 10.1 Å². The Morgan fingerprint density at radius 1 is 1.48 bits per heavy atom. The molecule has 0 aromatic heterocycles. The highest BCUT2D eigenvalue weighted by Gasteiger charge is 2.15. The molecule has 1 N–H and O–H groups in total. The molecule has 0 saturated carbocycles. The highest BCUT2D eigenvalue weighted by Crippen LogP contribution is 2.20. The number of rotatable bonds is 2. The normalized spacial score (nSPS) is 10.3. The van der Waals surface area contributed by atoms with E-state index in [4.69, 9.17) is 16.3 Å². The predicted octanol–water partition coefficient (Wildman–Crippen LogP) is 3.12. The van der Waals surface area contributed by atoms with Crippen molar-refractivity contribution in [3.05, 3.63) is 38.9 Å². The van der Waals surface area contributed by atoms with Crippen LogP contribution < -0.4 is 5.32 Å². The Bertz CT molecular complexity index is 612. The molecule has 1 aromatic rings. The molecule has 0 fully saturated rings. The average Bonchev–Trinajstić information content (AvgIpc) is 2.34. The number of ether oxygens (including phenoxy) is 1. The van der Waals surface area contributed by atoms with E-state index in [1.807, 2.05) is 0 Å². The summed E-state index contributed by atoms with van der Waals surface area (Å²) in [6, 6.07) is 3.99. The van der Waals surface area contributed by atoms with Crippen LogP contribution in [0.1, 0.15) is 26.3 Å². The second-order valence-corrected chi connectivity index (χ2v) is 5.49. The van der Waals surface area contributed by atoms with Gasteiger partial charge >= 0.3 is 6.09 Å². The molecule has 0 radical (unpaired) electrons. The summed E-state index contributed by atoms with van der Waals surface area (Å²) in [5.74, 6) is 5.33. The molecule has 1 aromatic carbocycles. The van der Waals surface area contributed by atoms with Gasteiger partial charge in [0.2, 0.25) is 0 Å². The average molecular weight is 311 g/mol. The molecule has 6 nitrogen and oxygen atoms in total. The van der Waals surface area contributed by atoms with Crippen molar-refractivity contribution >= 4 is 23.4 Å². The monoisotopic (exact) mass is 310 g/mol. The van der Waals surface area contributed by atoms with E-state index in [0.29, 0.717) is 10.6 Å².